The molecular weight excluding hydrogens is 349 g/mol. The zero-order chi connectivity index (χ0) is 18.7. The van der Waals surface area contributed by atoms with Gasteiger partial charge in [-0.3, -0.25) is 0 Å². The number of aromatic hydroxyl groups is 1. The first-order chi connectivity index (χ1) is 12.5. The van der Waals surface area contributed by atoms with Gasteiger partial charge in [0.05, 0.1) is 11.6 Å². The van der Waals surface area contributed by atoms with E-state index in [9.17, 15) is 9.50 Å². The van der Waals surface area contributed by atoms with E-state index in [1.807, 2.05) is 31.3 Å². The van der Waals surface area contributed by atoms with Gasteiger partial charge in [-0.05, 0) is 47.5 Å². The van der Waals surface area contributed by atoms with Gasteiger partial charge in [-0.25, -0.2) is 9.38 Å². The molecule has 0 spiro atoms. The molecule has 1 N–H and O–H groups in total. The fourth-order valence-corrected chi connectivity index (χ4v) is 2.57. The number of rotatable bonds is 3. The molecule has 0 atom stereocenters. The Morgan fingerprint density at radius 2 is 1.85 bits per heavy atom. The van der Waals surface area contributed by atoms with E-state index < -0.39 is 11.6 Å². The van der Waals surface area contributed by atoms with E-state index in [2.05, 4.69) is 11.1 Å². The van der Waals surface area contributed by atoms with Crippen molar-refractivity contribution in [3.05, 3.63) is 76.7 Å². The Bertz CT molecular complexity index is 1000. The second kappa shape index (κ2) is 7.30. The molecule has 2 aromatic carbocycles. The molecule has 1 aliphatic heterocycles. The van der Waals surface area contributed by atoms with Crippen LogP contribution in [0.4, 0.5) is 4.39 Å². The van der Waals surface area contributed by atoms with Crippen LogP contribution in [0.2, 0.25) is 0 Å². The fourth-order valence-electron chi connectivity index (χ4n) is 2.38. The number of amidine groups is 1. The Morgan fingerprint density at radius 1 is 1.15 bits per heavy atom. The standard InChI is InChI=1S/C20H14FN3OS/c1-24-19(9-7-13-2-4-14(12-22)5-3-13)23-17(20(24)26)11-15-6-8-18(25)16(21)10-15/h2-11,25H,1H3/b9-7+,17-11-. The highest BCUT2D eigenvalue weighted by molar-refractivity contribution is 7.80. The number of phenolic OH excluding ortho intramolecular Hbond substituents is 1. The molecule has 4 nitrogen and oxygen atoms in total. The van der Waals surface area contributed by atoms with Crippen molar-refractivity contribution in [1.29, 1.82) is 5.26 Å². The lowest BCUT2D eigenvalue weighted by atomic mass is 10.1. The number of likely N-dealkylation sites (N-methyl/N-ethyl adjacent to an activating group) is 1. The predicted octanol–water partition coefficient (Wildman–Crippen LogP) is 4.13. The second-order valence-electron chi connectivity index (χ2n) is 5.64. The molecule has 128 valence electrons. The summed E-state index contributed by atoms with van der Waals surface area (Å²) in [6.07, 6.45) is 5.37. The number of phenols is 1. The van der Waals surface area contributed by atoms with Crippen LogP contribution in [0.5, 0.6) is 5.75 Å². The number of benzene rings is 2. The summed E-state index contributed by atoms with van der Waals surface area (Å²) in [6, 6.07) is 13.4. The highest BCUT2D eigenvalue weighted by Crippen LogP contribution is 2.22. The van der Waals surface area contributed by atoms with Gasteiger partial charge >= 0.3 is 0 Å². The first kappa shape index (κ1) is 17.5. The van der Waals surface area contributed by atoms with Crippen molar-refractivity contribution in [3.8, 4) is 11.8 Å². The van der Waals surface area contributed by atoms with Crippen molar-refractivity contribution >= 4 is 35.2 Å². The number of aliphatic imine (C=N–C) groups is 1. The third-order valence-corrected chi connectivity index (χ3v) is 4.33. The molecular formula is C20H14FN3OS. The Kier molecular flexibility index (Phi) is 4.92. The maximum atomic E-state index is 13.5. The van der Waals surface area contributed by atoms with Crippen molar-refractivity contribution < 1.29 is 9.50 Å². The van der Waals surface area contributed by atoms with Crippen LogP contribution in [-0.2, 0) is 0 Å². The van der Waals surface area contributed by atoms with E-state index in [-0.39, 0.29) is 0 Å². The molecule has 26 heavy (non-hydrogen) atoms. The monoisotopic (exact) mass is 363 g/mol. The number of nitrogens with zero attached hydrogens (tertiary/aromatic N) is 3. The van der Waals surface area contributed by atoms with E-state index in [1.54, 1.807) is 29.2 Å². The van der Waals surface area contributed by atoms with Gasteiger partial charge in [0.25, 0.3) is 0 Å². The number of hydrogen-bond acceptors (Lipinski definition) is 4. The first-order valence-corrected chi connectivity index (χ1v) is 8.14. The topological polar surface area (TPSA) is 59.6 Å². The second-order valence-corrected chi connectivity index (χ2v) is 6.03. The zero-order valence-corrected chi connectivity index (χ0v) is 14.7. The van der Waals surface area contributed by atoms with Crippen LogP contribution in [0.1, 0.15) is 16.7 Å². The quantitative estimate of drug-likeness (QED) is 0.658. The lowest BCUT2D eigenvalue weighted by Gasteiger charge is -2.10. The van der Waals surface area contributed by atoms with Crippen LogP contribution in [0.3, 0.4) is 0 Å². The third kappa shape index (κ3) is 3.68. The smallest absolute Gasteiger partial charge is 0.165 e. The summed E-state index contributed by atoms with van der Waals surface area (Å²) in [5.74, 6) is -0.431. The fraction of sp³-hybridized carbons (Fsp3) is 0.0500. The maximum Gasteiger partial charge on any atom is 0.165 e. The molecule has 0 amide bonds. The van der Waals surface area contributed by atoms with Gasteiger partial charge in [0, 0.05) is 7.05 Å². The molecule has 0 saturated carbocycles. The van der Waals surface area contributed by atoms with Gasteiger partial charge in [0.1, 0.15) is 16.5 Å². The van der Waals surface area contributed by atoms with Crippen LogP contribution in [-0.4, -0.2) is 27.9 Å². The van der Waals surface area contributed by atoms with Crippen LogP contribution in [0.15, 0.2) is 59.2 Å². The highest BCUT2D eigenvalue weighted by atomic mass is 32.1. The minimum absolute atomic E-state index is 0.396. The van der Waals surface area contributed by atoms with Gasteiger partial charge in [0.2, 0.25) is 0 Å². The van der Waals surface area contributed by atoms with E-state index >= 15 is 0 Å². The minimum Gasteiger partial charge on any atom is -0.505 e. The zero-order valence-electron chi connectivity index (χ0n) is 13.8. The number of hydrogen-bond donors (Lipinski definition) is 1. The minimum atomic E-state index is -0.693. The number of nitriles is 1. The molecule has 0 fully saturated rings. The van der Waals surface area contributed by atoms with Crippen LogP contribution < -0.4 is 0 Å². The van der Waals surface area contributed by atoms with E-state index in [1.165, 1.54) is 12.1 Å². The molecule has 2 aromatic rings. The molecule has 0 aromatic heterocycles. The largest absolute Gasteiger partial charge is 0.505 e. The van der Waals surface area contributed by atoms with Crippen molar-refractivity contribution in [2.45, 2.75) is 0 Å². The predicted molar refractivity (Wildman–Crippen MR) is 104 cm³/mol. The Balaban J connectivity index is 1.85. The first-order valence-electron chi connectivity index (χ1n) is 7.73. The van der Waals surface area contributed by atoms with Gasteiger partial charge in [-0.2, -0.15) is 5.26 Å². The third-order valence-electron chi connectivity index (χ3n) is 3.84. The SMILES string of the molecule is CN1C(=S)/C(=C/c2ccc(O)c(F)c2)N=C1/C=C/c1ccc(C#N)cc1. The average Bonchev–Trinajstić information content (AvgIpc) is 2.91. The van der Waals surface area contributed by atoms with E-state index in [0.717, 1.165) is 5.56 Å². The molecule has 6 heteroatoms. The van der Waals surface area contributed by atoms with Crippen LogP contribution in [0, 0.1) is 17.1 Å². The Hall–Kier alpha value is -3.30. The molecule has 0 radical (unpaired) electrons. The molecule has 0 aliphatic carbocycles. The molecule has 0 saturated heterocycles. The molecule has 0 bridgehead atoms. The van der Waals surface area contributed by atoms with Crippen molar-refractivity contribution in [1.82, 2.24) is 4.90 Å². The van der Waals surface area contributed by atoms with Crippen LogP contribution >= 0.6 is 12.2 Å². The summed E-state index contributed by atoms with van der Waals surface area (Å²) in [6.45, 7) is 0. The Morgan fingerprint density at radius 3 is 2.50 bits per heavy atom. The summed E-state index contributed by atoms with van der Waals surface area (Å²) in [5.41, 5.74) is 2.65. The molecule has 3 rings (SSSR count). The maximum absolute atomic E-state index is 13.5. The molecule has 1 aliphatic rings. The van der Waals surface area contributed by atoms with Gasteiger partial charge < -0.3 is 10.0 Å². The lowest BCUT2D eigenvalue weighted by molar-refractivity contribution is 0.432. The summed E-state index contributed by atoms with van der Waals surface area (Å²) in [7, 11) is 1.81. The highest BCUT2D eigenvalue weighted by Gasteiger charge is 2.21. The van der Waals surface area contributed by atoms with Crippen molar-refractivity contribution in [2.75, 3.05) is 7.05 Å². The number of halogens is 1. The lowest BCUT2D eigenvalue weighted by Crippen LogP contribution is -2.24. The van der Waals surface area contributed by atoms with Crippen molar-refractivity contribution in [3.63, 3.8) is 0 Å². The summed E-state index contributed by atoms with van der Waals surface area (Å²) in [4.78, 5) is 6.77. The van der Waals surface area contributed by atoms with E-state index in [0.29, 0.717) is 27.6 Å². The summed E-state index contributed by atoms with van der Waals surface area (Å²) in [5, 5.41) is 18.1. The van der Waals surface area contributed by atoms with Gasteiger partial charge in [0.15, 0.2) is 11.6 Å². The molecule has 0 unspecified atom stereocenters. The van der Waals surface area contributed by atoms with Gasteiger partial charge in [-0.1, -0.05) is 36.5 Å². The van der Waals surface area contributed by atoms with Crippen molar-refractivity contribution in [2.24, 2.45) is 4.99 Å². The Labute approximate surface area is 155 Å². The normalized spacial score (nSPS) is 15.6. The van der Waals surface area contributed by atoms with Gasteiger partial charge in [-0.15, -0.1) is 0 Å². The molecule has 1 heterocycles. The van der Waals surface area contributed by atoms with E-state index in [4.69, 9.17) is 17.5 Å². The number of thiocarbonyl (C=S) groups is 1. The average molecular weight is 363 g/mol. The summed E-state index contributed by atoms with van der Waals surface area (Å²) < 4.78 is 13.5. The van der Waals surface area contributed by atoms with Crippen LogP contribution in [0.25, 0.3) is 12.2 Å². The summed E-state index contributed by atoms with van der Waals surface area (Å²) >= 11 is 5.39.